The molecular weight excluding hydrogens is 244 g/mol. The van der Waals surface area contributed by atoms with Gasteiger partial charge in [-0.25, -0.2) is 0 Å². The second kappa shape index (κ2) is 7.31. The van der Waals surface area contributed by atoms with E-state index in [0.29, 0.717) is 13.0 Å². The van der Waals surface area contributed by atoms with Crippen molar-refractivity contribution in [2.24, 2.45) is 13.0 Å². The van der Waals surface area contributed by atoms with Crippen LogP contribution in [0, 0.1) is 17.2 Å². The Morgan fingerprint density at radius 1 is 1.58 bits per heavy atom. The van der Waals surface area contributed by atoms with E-state index in [1.54, 1.807) is 24.0 Å². The molecule has 0 spiro atoms. The SMILES string of the molecule is CCCNC(=O)C(C#N)C(=O)CCc1cnn(C)c1. The fourth-order valence-corrected chi connectivity index (χ4v) is 1.64. The topological polar surface area (TPSA) is 87.8 Å². The van der Waals surface area contributed by atoms with Crippen LogP contribution in [0.5, 0.6) is 0 Å². The number of aryl methyl sites for hydroxylation is 2. The number of amides is 1. The Morgan fingerprint density at radius 3 is 2.84 bits per heavy atom. The zero-order valence-corrected chi connectivity index (χ0v) is 11.2. The summed E-state index contributed by atoms with van der Waals surface area (Å²) in [6.45, 7) is 2.39. The smallest absolute Gasteiger partial charge is 0.244 e. The molecule has 1 heterocycles. The molecule has 0 aliphatic heterocycles. The lowest BCUT2D eigenvalue weighted by molar-refractivity contribution is -0.131. The number of hydrogen-bond acceptors (Lipinski definition) is 4. The Kier molecular flexibility index (Phi) is 5.73. The maximum Gasteiger partial charge on any atom is 0.244 e. The highest BCUT2D eigenvalue weighted by Gasteiger charge is 2.25. The van der Waals surface area contributed by atoms with Gasteiger partial charge in [0.1, 0.15) is 0 Å². The van der Waals surface area contributed by atoms with Crippen LogP contribution in [0.25, 0.3) is 0 Å². The van der Waals surface area contributed by atoms with Crippen LogP contribution in [0.2, 0.25) is 0 Å². The van der Waals surface area contributed by atoms with Gasteiger partial charge in [0, 0.05) is 26.2 Å². The minimum atomic E-state index is -1.21. The molecule has 0 fully saturated rings. The number of ketones is 1. The first-order chi connectivity index (χ1) is 9.08. The van der Waals surface area contributed by atoms with Crippen molar-refractivity contribution < 1.29 is 9.59 Å². The first-order valence-corrected chi connectivity index (χ1v) is 6.26. The number of aromatic nitrogens is 2. The van der Waals surface area contributed by atoms with Crippen LogP contribution in [-0.2, 0) is 23.1 Å². The monoisotopic (exact) mass is 262 g/mol. The van der Waals surface area contributed by atoms with Crippen LogP contribution < -0.4 is 5.32 Å². The molecule has 0 aliphatic carbocycles. The number of carbonyl (C=O) groups is 2. The molecule has 1 unspecified atom stereocenters. The molecule has 102 valence electrons. The van der Waals surface area contributed by atoms with Crippen LogP contribution in [0.1, 0.15) is 25.3 Å². The summed E-state index contributed by atoms with van der Waals surface area (Å²) in [5.74, 6) is -2.05. The summed E-state index contributed by atoms with van der Waals surface area (Å²) < 4.78 is 1.65. The summed E-state index contributed by atoms with van der Waals surface area (Å²) in [5, 5.41) is 15.5. The van der Waals surface area contributed by atoms with Crippen molar-refractivity contribution >= 4 is 11.7 Å². The van der Waals surface area contributed by atoms with Crippen LogP contribution in [0.3, 0.4) is 0 Å². The van der Waals surface area contributed by atoms with Crippen molar-refractivity contribution in [2.45, 2.75) is 26.2 Å². The van der Waals surface area contributed by atoms with E-state index in [0.717, 1.165) is 12.0 Å². The lowest BCUT2D eigenvalue weighted by Crippen LogP contribution is -2.35. The normalized spacial score (nSPS) is 11.6. The largest absolute Gasteiger partial charge is 0.355 e. The van der Waals surface area contributed by atoms with Gasteiger partial charge in [-0.2, -0.15) is 10.4 Å². The molecule has 0 bridgehead atoms. The summed E-state index contributed by atoms with van der Waals surface area (Å²) in [6, 6.07) is 1.77. The van der Waals surface area contributed by atoms with E-state index in [4.69, 9.17) is 5.26 Å². The average Bonchev–Trinajstić information content (AvgIpc) is 2.80. The van der Waals surface area contributed by atoms with Crippen LogP contribution >= 0.6 is 0 Å². The van der Waals surface area contributed by atoms with Gasteiger partial charge in [-0.1, -0.05) is 6.92 Å². The molecule has 6 nitrogen and oxygen atoms in total. The molecule has 1 amide bonds. The number of carbonyl (C=O) groups excluding carboxylic acids is 2. The average molecular weight is 262 g/mol. The van der Waals surface area contributed by atoms with Gasteiger partial charge in [-0.05, 0) is 18.4 Å². The Balaban J connectivity index is 2.50. The molecule has 0 radical (unpaired) electrons. The van der Waals surface area contributed by atoms with Gasteiger partial charge < -0.3 is 5.32 Å². The lowest BCUT2D eigenvalue weighted by atomic mass is 9.99. The summed E-state index contributed by atoms with van der Waals surface area (Å²) in [4.78, 5) is 23.5. The van der Waals surface area contributed by atoms with Crippen LogP contribution in [-0.4, -0.2) is 28.0 Å². The Hall–Kier alpha value is -2.16. The van der Waals surface area contributed by atoms with Gasteiger partial charge in [0.05, 0.1) is 12.3 Å². The Morgan fingerprint density at radius 2 is 2.32 bits per heavy atom. The molecule has 0 saturated carbocycles. The zero-order valence-electron chi connectivity index (χ0n) is 11.2. The van der Waals surface area contributed by atoms with Crippen molar-refractivity contribution in [3.8, 4) is 6.07 Å². The predicted molar refractivity (Wildman–Crippen MR) is 68.9 cm³/mol. The minimum Gasteiger partial charge on any atom is -0.355 e. The molecule has 1 N–H and O–H groups in total. The molecule has 1 atom stereocenters. The van der Waals surface area contributed by atoms with Gasteiger partial charge in [-0.3, -0.25) is 14.3 Å². The van der Waals surface area contributed by atoms with E-state index < -0.39 is 11.8 Å². The number of nitriles is 1. The highest BCUT2D eigenvalue weighted by Crippen LogP contribution is 2.07. The third-order valence-corrected chi connectivity index (χ3v) is 2.68. The highest BCUT2D eigenvalue weighted by molar-refractivity contribution is 6.03. The van der Waals surface area contributed by atoms with E-state index in [1.165, 1.54) is 0 Å². The third kappa shape index (κ3) is 4.54. The highest BCUT2D eigenvalue weighted by atomic mass is 16.2. The molecule has 1 aromatic heterocycles. The zero-order chi connectivity index (χ0) is 14.3. The maximum absolute atomic E-state index is 11.8. The van der Waals surface area contributed by atoms with Crippen molar-refractivity contribution in [1.82, 2.24) is 15.1 Å². The summed E-state index contributed by atoms with van der Waals surface area (Å²) in [6.07, 6.45) is 4.92. The molecular formula is C13H18N4O2. The molecule has 19 heavy (non-hydrogen) atoms. The van der Waals surface area contributed by atoms with Gasteiger partial charge in [0.15, 0.2) is 11.7 Å². The standard InChI is InChI=1S/C13H18N4O2/c1-3-6-15-13(19)11(7-14)12(18)5-4-10-8-16-17(2)9-10/h8-9,11H,3-6H2,1-2H3,(H,15,19). The summed E-state index contributed by atoms with van der Waals surface area (Å²) in [5.41, 5.74) is 0.918. The van der Waals surface area contributed by atoms with E-state index >= 15 is 0 Å². The fourth-order valence-electron chi connectivity index (χ4n) is 1.64. The number of nitrogens with zero attached hydrogens (tertiary/aromatic N) is 3. The van der Waals surface area contributed by atoms with Crippen molar-refractivity contribution in [3.05, 3.63) is 18.0 Å². The summed E-state index contributed by atoms with van der Waals surface area (Å²) in [7, 11) is 1.79. The lowest BCUT2D eigenvalue weighted by Gasteiger charge is -2.08. The maximum atomic E-state index is 11.8. The van der Waals surface area contributed by atoms with Crippen molar-refractivity contribution in [3.63, 3.8) is 0 Å². The predicted octanol–water partition coefficient (Wildman–Crippen LogP) is 0.588. The first kappa shape index (κ1) is 14.9. The van der Waals surface area contributed by atoms with Crippen molar-refractivity contribution in [1.29, 1.82) is 5.26 Å². The summed E-state index contributed by atoms with van der Waals surface area (Å²) >= 11 is 0. The molecule has 0 aliphatic rings. The van der Waals surface area contributed by atoms with Crippen molar-refractivity contribution in [2.75, 3.05) is 6.54 Å². The van der Waals surface area contributed by atoms with Crippen LogP contribution in [0.15, 0.2) is 12.4 Å². The van der Waals surface area contributed by atoms with E-state index in [9.17, 15) is 9.59 Å². The van der Waals surface area contributed by atoms with Gasteiger partial charge in [0.25, 0.3) is 0 Å². The molecule has 6 heteroatoms. The van der Waals surface area contributed by atoms with Crippen LogP contribution in [0.4, 0.5) is 0 Å². The number of rotatable bonds is 7. The van der Waals surface area contributed by atoms with E-state index in [-0.39, 0.29) is 12.2 Å². The molecule has 0 aromatic carbocycles. The first-order valence-electron chi connectivity index (χ1n) is 6.26. The van der Waals surface area contributed by atoms with E-state index in [2.05, 4.69) is 10.4 Å². The van der Waals surface area contributed by atoms with Gasteiger partial charge in [-0.15, -0.1) is 0 Å². The molecule has 1 rings (SSSR count). The van der Waals surface area contributed by atoms with E-state index in [1.807, 2.05) is 13.1 Å². The molecule has 1 aromatic rings. The van der Waals surface area contributed by atoms with Gasteiger partial charge in [0.2, 0.25) is 5.91 Å². The second-order valence-electron chi connectivity index (χ2n) is 4.34. The Labute approximate surface area is 112 Å². The third-order valence-electron chi connectivity index (χ3n) is 2.68. The number of nitrogens with one attached hydrogen (secondary N) is 1. The Bertz CT molecular complexity index is 487. The quantitative estimate of drug-likeness (QED) is 0.728. The minimum absolute atomic E-state index is 0.170. The van der Waals surface area contributed by atoms with Gasteiger partial charge >= 0.3 is 0 Å². The number of Topliss-reactive ketones (excluding diaryl/α,β-unsaturated/α-hetero) is 1. The fraction of sp³-hybridized carbons (Fsp3) is 0.538. The number of hydrogen-bond donors (Lipinski definition) is 1. The second-order valence-corrected chi connectivity index (χ2v) is 4.34. The molecule has 0 saturated heterocycles.